The van der Waals surface area contributed by atoms with Crippen molar-refractivity contribution in [2.45, 2.75) is 125 Å². The summed E-state index contributed by atoms with van der Waals surface area (Å²) >= 11 is 0. The number of hydrogen-bond donors (Lipinski definition) is 4. The Balaban J connectivity index is 5.28. The van der Waals surface area contributed by atoms with Crippen LogP contribution in [0.4, 0.5) is 0 Å². The van der Waals surface area contributed by atoms with E-state index in [0.29, 0.717) is 18.8 Å². The molecule has 0 aromatic carbocycles. The maximum absolute atomic E-state index is 13.1. The first kappa shape index (κ1) is 30.4. The number of carbonyl (C=O) groups excluding carboxylic acids is 3. The lowest BCUT2D eigenvalue weighted by molar-refractivity contribution is -0.134. The molecular formula is C25H49N3O4. The third-order valence-corrected chi connectivity index (χ3v) is 5.70. The first-order chi connectivity index (χ1) is 14.9. The van der Waals surface area contributed by atoms with Crippen LogP contribution in [-0.2, 0) is 14.4 Å². The van der Waals surface area contributed by atoms with Crippen molar-refractivity contribution in [1.29, 1.82) is 0 Å². The molecule has 0 heterocycles. The number of rotatable bonds is 16. The molecule has 0 saturated heterocycles. The average molecular weight is 456 g/mol. The molecule has 0 aliphatic rings. The van der Waals surface area contributed by atoms with Crippen LogP contribution in [0.1, 0.15) is 100 Å². The fourth-order valence-corrected chi connectivity index (χ4v) is 3.66. The molecule has 188 valence electrons. The predicted octanol–water partition coefficient (Wildman–Crippen LogP) is 3.54. The van der Waals surface area contributed by atoms with Crippen molar-refractivity contribution in [3.63, 3.8) is 0 Å². The molecule has 1 unspecified atom stereocenters. The second-order valence-corrected chi connectivity index (χ2v) is 10.0. The van der Waals surface area contributed by atoms with Crippen LogP contribution in [0.2, 0.25) is 0 Å². The summed E-state index contributed by atoms with van der Waals surface area (Å²) < 4.78 is 0. The lowest BCUT2D eigenvalue weighted by atomic mass is 9.94. The molecule has 0 fully saturated rings. The molecule has 0 radical (unpaired) electrons. The van der Waals surface area contributed by atoms with Gasteiger partial charge in [0.2, 0.25) is 17.7 Å². The van der Waals surface area contributed by atoms with Gasteiger partial charge in [0, 0.05) is 6.42 Å². The molecule has 0 aromatic rings. The maximum Gasteiger partial charge on any atom is 0.243 e. The van der Waals surface area contributed by atoms with Crippen LogP contribution >= 0.6 is 0 Å². The summed E-state index contributed by atoms with van der Waals surface area (Å²) in [4.78, 5) is 37.9. The standard InChI is InChI=1S/C25H49N3O4/c1-9-11-12-13-14-20(29)19(15-16(3)4)26-24(31)23(18(7)8)28-25(32)22(17(5)6)27-21(30)10-2/h16-20,22-23,29H,9-15H2,1-8H3,(H,26,31)(H,27,30)(H,28,32)/t19-,20?,22-,23-/m0/s1. The molecule has 0 aromatic heterocycles. The van der Waals surface area contributed by atoms with Crippen LogP contribution in [0.5, 0.6) is 0 Å². The van der Waals surface area contributed by atoms with Crippen molar-refractivity contribution in [3.05, 3.63) is 0 Å². The fraction of sp³-hybridized carbons (Fsp3) is 0.880. The third kappa shape index (κ3) is 11.8. The number of carbonyl (C=O) groups is 3. The molecule has 4 atom stereocenters. The van der Waals surface area contributed by atoms with Gasteiger partial charge in [-0.05, 0) is 30.6 Å². The highest BCUT2D eigenvalue weighted by atomic mass is 16.3. The van der Waals surface area contributed by atoms with E-state index in [9.17, 15) is 19.5 Å². The predicted molar refractivity (Wildman–Crippen MR) is 130 cm³/mol. The largest absolute Gasteiger partial charge is 0.391 e. The molecule has 0 spiro atoms. The summed E-state index contributed by atoms with van der Waals surface area (Å²) in [5.74, 6) is -0.804. The van der Waals surface area contributed by atoms with E-state index in [2.05, 4.69) is 36.7 Å². The minimum atomic E-state index is -0.746. The van der Waals surface area contributed by atoms with Crippen LogP contribution in [0.3, 0.4) is 0 Å². The summed E-state index contributed by atoms with van der Waals surface area (Å²) in [6.07, 6.45) is 5.26. The number of unbranched alkanes of at least 4 members (excludes halogenated alkanes) is 3. The average Bonchev–Trinajstić information content (AvgIpc) is 2.71. The van der Waals surface area contributed by atoms with E-state index in [4.69, 9.17) is 0 Å². The van der Waals surface area contributed by atoms with Gasteiger partial charge in [0.15, 0.2) is 0 Å². The normalized spacial score (nSPS) is 15.4. The Bertz CT molecular complexity index is 563. The van der Waals surface area contributed by atoms with Crippen molar-refractivity contribution in [1.82, 2.24) is 16.0 Å². The zero-order valence-electron chi connectivity index (χ0n) is 21.7. The maximum atomic E-state index is 13.1. The van der Waals surface area contributed by atoms with E-state index in [-0.39, 0.29) is 42.0 Å². The van der Waals surface area contributed by atoms with E-state index in [0.717, 1.165) is 25.7 Å². The summed E-state index contributed by atoms with van der Waals surface area (Å²) in [7, 11) is 0. The van der Waals surface area contributed by atoms with Crippen molar-refractivity contribution in [2.24, 2.45) is 17.8 Å². The summed E-state index contributed by atoms with van der Waals surface area (Å²) in [6, 6.07) is -1.81. The van der Waals surface area contributed by atoms with Crippen molar-refractivity contribution in [3.8, 4) is 0 Å². The minimum absolute atomic E-state index is 0.111. The van der Waals surface area contributed by atoms with Gasteiger partial charge in [-0.2, -0.15) is 0 Å². The summed E-state index contributed by atoms with van der Waals surface area (Å²) in [5.41, 5.74) is 0. The Hall–Kier alpha value is -1.63. The third-order valence-electron chi connectivity index (χ3n) is 5.70. The lowest BCUT2D eigenvalue weighted by Gasteiger charge is -2.31. The molecule has 0 rings (SSSR count). The first-order valence-electron chi connectivity index (χ1n) is 12.5. The summed E-state index contributed by atoms with van der Waals surface area (Å²) in [5, 5.41) is 19.3. The number of amides is 3. The number of nitrogens with one attached hydrogen (secondary N) is 3. The highest BCUT2D eigenvalue weighted by Gasteiger charge is 2.32. The monoisotopic (exact) mass is 455 g/mol. The SMILES string of the molecule is CCCCCCC(O)[C@H](CC(C)C)NC(=O)[C@@H](NC(=O)[C@@H](NC(=O)CC)C(C)C)C(C)C. The summed E-state index contributed by atoms with van der Waals surface area (Å²) in [6.45, 7) is 15.5. The second kappa shape index (κ2) is 16.1. The van der Waals surface area contributed by atoms with Gasteiger partial charge in [0.25, 0.3) is 0 Å². The van der Waals surface area contributed by atoms with Gasteiger partial charge in [-0.25, -0.2) is 0 Å². The van der Waals surface area contributed by atoms with Crippen LogP contribution in [0.25, 0.3) is 0 Å². The van der Waals surface area contributed by atoms with Crippen LogP contribution in [0.15, 0.2) is 0 Å². The minimum Gasteiger partial charge on any atom is -0.391 e. The van der Waals surface area contributed by atoms with Crippen LogP contribution in [-0.4, -0.2) is 47.1 Å². The van der Waals surface area contributed by atoms with Gasteiger partial charge in [0.1, 0.15) is 12.1 Å². The zero-order chi connectivity index (χ0) is 24.8. The molecule has 0 aliphatic carbocycles. The Morgan fingerprint density at radius 2 is 1.28 bits per heavy atom. The van der Waals surface area contributed by atoms with E-state index < -0.39 is 18.2 Å². The van der Waals surface area contributed by atoms with Crippen LogP contribution < -0.4 is 16.0 Å². The molecule has 7 nitrogen and oxygen atoms in total. The Morgan fingerprint density at radius 3 is 1.75 bits per heavy atom. The lowest BCUT2D eigenvalue weighted by Crippen LogP contribution is -2.58. The van der Waals surface area contributed by atoms with Crippen LogP contribution in [0, 0.1) is 17.8 Å². The molecule has 0 saturated carbocycles. The fourth-order valence-electron chi connectivity index (χ4n) is 3.66. The Morgan fingerprint density at radius 1 is 0.750 bits per heavy atom. The van der Waals surface area contributed by atoms with Gasteiger partial charge in [0.05, 0.1) is 12.1 Å². The van der Waals surface area contributed by atoms with Crippen molar-refractivity contribution < 1.29 is 19.5 Å². The van der Waals surface area contributed by atoms with Gasteiger partial charge < -0.3 is 21.1 Å². The Kier molecular flexibility index (Phi) is 15.2. The Labute approximate surface area is 195 Å². The zero-order valence-corrected chi connectivity index (χ0v) is 21.7. The molecule has 4 N–H and O–H groups in total. The molecule has 32 heavy (non-hydrogen) atoms. The van der Waals surface area contributed by atoms with E-state index in [1.165, 1.54) is 0 Å². The number of hydrogen-bond acceptors (Lipinski definition) is 4. The van der Waals surface area contributed by atoms with E-state index >= 15 is 0 Å². The van der Waals surface area contributed by atoms with Gasteiger partial charge >= 0.3 is 0 Å². The van der Waals surface area contributed by atoms with Crippen molar-refractivity contribution >= 4 is 17.7 Å². The van der Waals surface area contributed by atoms with E-state index in [1.807, 2.05) is 27.7 Å². The van der Waals surface area contributed by atoms with Gasteiger partial charge in [-0.3, -0.25) is 14.4 Å². The number of aliphatic hydroxyl groups is 1. The van der Waals surface area contributed by atoms with Gasteiger partial charge in [-0.15, -0.1) is 0 Å². The highest BCUT2D eigenvalue weighted by Crippen LogP contribution is 2.16. The highest BCUT2D eigenvalue weighted by molar-refractivity contribution is 5.92. The first-order valence-corrected chi connectivity index (χ1v) is 12.5. The number of aliphatic hydroxyl groups excluding tert-OH is 1. The molecular weight excluding hydrogens is 406 g/mol. The topological polar surface area (TPSA) is 108 Å². The van der Waals surface area contributed by atoms with Crippen molar-refractivity contribution in [2.75, 3.05) is 0 Å². The molecule has 0 aliphatic heterocycles. The van der Waals surface area contributed by atoms with E-state index in [1.54, 1.807) is 6.92 Å². The quantitative estimate of drug-likeness (QED) is 0.267. The molecule has 0 bridgehead atoms. The second-order valence-electron chi connectivity index (χ2n) is 10.0. The smallest absolute Gasteiger partial charge is 0.243 e. The molecule has 7 heteroatoms. The van der Waals surface area contributed by atoms with Gasteiger partial charge in [-0.1, -0.05) is 81.1 Å². The molecule has 3 amide bonds.